The molecular formula is C22H35F2IO4. The van der Waals surface area contributed by atoms with Crippen molar-refractivity contribution in [2.75, 3.05) is 7.11 Å². The van der Waals surface area contributed by atoms with Gasteiger partial charge in [-0.3, -0.25) is 4.79 Å². The van der Waals surface area contributed by atoms with E-state index >= 15 is 4.39 Å². The van der Waals surface area contributed by atoms with E-state index in [-0.39, 0.29) is 27.8 Å². The number of hydrogen-bond acceptors (Lipinski definition) is 4. The summed E-state index contributed by atoms with van der Waals surface area (Å²) in [6, 6.07) is 0. The molecule has 1 heterocycles. The largest absolute Gasteiger partial charge is 0.469 e. The summed E-state index contributed by atoms with van der Waals surface area (Å²) >= 11 is 2.22. The standard InChI is InChI=1S/C22H35F2IO4/c1-4-5-13-22(2,24)17(26)12-10-14-9-11-16-19(14)20(23)21(29-16)15(25)7-6-8-18(27)28-3/h10,12,14-17,19-21,26H,4-9,11,13H2,1-3H3/t14-,15?,16-,17-,19-,20+,21+,22?/m1/s1. The molecule has 1 aliphatic heterocycles. The van der Waals surface area contributed by atoms with Gasteiger partial charge in [0.05, 0.1) is 13.2 Å². The third-order valence-electron chi connectivity index (χ3n) is 6.34. The van der Waals surface area contributed by atoms with Crippen molar-refractivity contribution in [3.05, 3.63) is 12.2 Å². The molecule has 29 heavy (non-hydrogen) atoms. The Labute approximate surface area is 186 Å². The number of esters is 1. The van der Waals surface area contributed by atoms with Crippen LogP contribution in [0.1, 0.15) is 65.2 Å². The maximum Gasteiger partial charge on any atom is 0.305 e. The lowest BCUT2D eigenvalue weighted by Gasteiger charge is -2.25. The van der Waals surface area contributed by atoms with Crippen molar-refractivity contribution in [1.82, 2.24) is 0 Å². The van der Waals surface area contributed by atoms with Crippen molar-refractivity contribution in [3.63, 3.8) is 0 Å². The van der Waals surface area contributed by atoms with Crippen molar-refractivity contribution >= 4 is 28.6 Å². The molecule has 2 aliphatic rings. The quantitative estimate of drug-likeness (QED) is 0.176. The zero-order chi connectivity index (χ0) is 21.6. The van der Waals surface area contributed by atoms with Crippen LogP contribution in [0.3, 0.4) is 0 Å². The fraction of sp³-hybridized carbons (Fsp3) is 0.864. The summed E-state index contributed by atoms with van der Waals surface area (Å²) in [6.45, 7) is 3.42. The number of ether oxygens (including phenoxy) is 2. The van der Waals surface area contributed by atoms with Crippen LogP contribution in [0.4, 0.5) is 8.78 Å². The van der Waals surface area contributed by atoms with Crippen LogP contribution in [0.25, 0.3) is 0 Å². The van der Waals surface area contributed by atoms with E-state index in [1.807, 2.05) is 6.92 Å². The number of fused-ring (bicyclic) bond motifs is 1. The summed E-state index contributed by atoms with van der Waals surface area (Å²) in [5.74, 6) is -0.546. The maximum atomic E-state index is 15.2. The van der Waals surface area contributed by atoms with Gasteiger partial charge in [-0.05, 0) is 44.9 Å². The molecule has 0 amide bonds. The van der Waals surface area contributed by atoms with E-state index in [1.165, 1.54) is 20.1 Å². The van der Waals surface area contributed by atoms with Gasteiger partial charge < -0.3 is 14.6 Å². The van der Waals surface area contributed by atoms with Crippen LogP contribution in [0.15, 0.2) is 12.2 Å². The summed E-state index contributed by atoms with van der Waals surface area (Å²) in [5.41, 5.74) is -1.67. The molecule has 0 aromatic rings. The Bertz CT molecular complexity index is 557. The van der Waals surface area contributed by atoms with Crippen LogP contribution < -0.4 is 0 Å². The molecule has 1 N–H and O–H groups in total. The molecule has 1 aliphatic carbocycles. The van der Waals surface area contributed by atoms with E-state index in [9.17, 15) is 14.3 Å². The molecule has 2 fully saturated rings. The van der Waals surface area contributed by atoms with Gasteiger partial charge in [-0.25, -0.2) is 8.78 Å². The Morgan fingerprint density at radius 2 is 2.14 bits per heavy atom. The first kappa shape index (κ1) is 25.0. The smallest absolute Gasteiger partial charge is 0.305 e. The van der Waals surface area contributed by atoms with Gasteiger partial charge in [-0.2, -0.15) is 0 Å². The van der Waals surface area contributed by atoms with Crippen molar-refractivity contribution in [3.8, 4) is 0 Å². The topological polar surface area (TPSA) is 55.8 Å². The molecule has 0 aromatic carbocycles. The molecule has 168 valence electrons. The van der Waals surface area contributed by atoms with Gasteiger partial charge in [0.1, 0.15) is 24.0 Å². The van der Waals surface area contributed by atoms with Gasteiger partial charge >= 0.3 is 5.97 Å². The molecule has 1 saturated carbocycles. The number of aliphatic hydroxyl groups excluding tert-OH is 1. The minimum absolute atomic E-state index is 0.0174. The second kappa shape index (κ2) is 11.4. The van der Waals surface area contributed by atoms with Gasteiger partial charge in [-0.1, -0.05) is 54.5 Å². The lowest BCUT2D eigenvalue weighted by molar-refractivity contribution is -0.140. The fourth-order valence-electron chi connectivity index (χ4n) is 4.45. The Hall–Kier alpha value is -0.280. The van der Waals surface area contributed by atoms with E-state index in [2.05, 4.69) is 27.3 Å². The molecular weight excluding hydrogens is 493 g/mol. The third-order valence-corrected chi connectivity index (χ3v) is 7.67. The van der Waals surface area contributed by atoms with Crippen molar-refractivity contribution in [2.24, 2.45) is 11.8 Å². The van der Waals surface area contributed by atoms with Crippen molar-refractivity contribution < 1.29 is 28.2 Å². The Kier molecular flexibility index (Phi) is 9.80. The van der Waals surface area contributed by atoms with Gasteiger partial charge in [0.25, 0.3) is 0 Å². The van der Waals surface area contributed by atoms with E-state index in [4.69, 9.17) is 4.74 Å². The second-order valence-electron chi connectivity index (χ2n) is 8.60. The molecule has 2 unspecified atom stereocenters. The predicted octanol–water partition coefficient (Wildman–Crippen LogP) is 5.10. The Morgan fingerprint density at radius 3 is 2.79 bits per heavy atom. The van der Waals surface area contributed by atoms with Crippen molar-refractivity contribution in [2.45, 2.75) is 99.3 Å². The predicted molar refractivity (Wildman–Crippen MR) is 118 cm³/mol. The van der Waals surface area contributed by atoms with Crippen molar-refractivity contribution in [1.29, 1.82) is 0 Å². The van der Waals surface area contributed by atoms with Crippen LogP contribution in [0.2, 0.25) is 0 Å². The molecule has 8 atom stereocenters. The highest BCUT2D eigenvalue weighted by Gasteiger charge is 2.52. The zero-order valence-corrected chi connectivity index (χ0v) is 19.8. The van der Waals surface area contributed by atoms with Crippen LogP contribution in [0.5, 0.6) is 0 Å². The van der Waals surface area contributed by atoms with E-state index in [0.717, 1.165) is 25.7 Å². The molecule has 1 saturated heterocycles. The number of allylic oxidation sites excluding steroid dienone is 1. The first-order valence-corrected chi connectivity index (χ1v) is 12.0. The zero-order valence-electron chi connectivity index (χ0n) is 17.7. The third kappa shape index (κ3) is 6.60. The minimum atomic E-state index is -1.67. The SMILES string of the molecule is CCCCC(C)(F)[C@H](O)C=C[C@H]1CC[C@H]2O[C@@H](C(I)CCCC(=O)OC)[C@@H](F)[C@H]12. The lowest BCUT2D eigenvalue weighted by atomic mass is 9.87. The Balaban J connectivity index is 1.91. The van der Waals surface area contributed by atoms with E-state index < -0.39 is 24.0 Å². The number of carbonyl (C=O) groups excluding carboxylic acids is 1. The van der Waals surface area contributed by atoms with Gasteiger partial charge in [0.2, 0.25) is 0 Å². The van der Waals surface area contributed by atoms with E-state index in [0.29, 0.717) is 25.7 Å². The van der Waals surface area contributed by atoms with Gasteiger partial charge in [-0.15, -0.1) is 0 Å². The molecule has 0 bridgehead atoms. The molecule has 0 radical (unpaired) electrons. The minimum Gasteiger partial charge on any atom is -0.469 e. The highest BCUT2D eigenvalue weighted by molar-refractivity contribution is 14.1. The number of rotatable bonds is 11. The number of halogens is 3. The molecule has 4 nitrogen and oxygen atoms in total. The number of alkyl halides is 3. The Morgan fingerprint density at radius 1 is 1.41 bits per heavy atom. The average molecular weight is 528 g/mol. The van der Waals surface area contributed by atoms with Crippen LogP contribution in [-0.4, -0.2) is 52.3 Å². The number of aliphatic hydroxyl groups is 1. The van der Waals surface area contributed by atoms with Gasteiger partial charge in [0, 0.05) is 16.3 Å². The number of hydrogen-bond donors (Lipinski definition) is 1. The summed E-state index contributed by atoms with van der Waals surface area (Å²) in [5, 5.41) is 10.2. The number of unbranched alkanes of at least 4 members (excludes halogenated alkanes) is 1. The monoisotopic (exact) mass is 528 g/mol. The highest BCUT2D eigenvalue weighted by Crippen LogP contribution is 2.47. The average Bonchev–Trinajstić information content (AvgIpc) is 3.24. The first-order valence-electron chi connectivity index (χ1n) is 10.8. The summed E-state index contributed by atoms with van der Waals surface area (Å²) in [6.07, 6.45) is 5.57. The van der Waals surface area contributed by atoms with Crippen LogP contribution >= 0.6 is 22.6 Å². The number of carbonyl (C=O) groups is 1. The molecule has 0 aromatic heterocycles. The molecule has 0 spiro atoms. The molecule has 7 heteroatoms. The second-order valence-corrected chi connectivity index (χ2v) is 10.2. The number of methoxy groups -OCH3 is 1. The summed E-state index contributed by atoms with van der Waals surface area (Å²) in [4.78, 5) is 11.3. The van der Waals surface area contributed by atoms with Gasteiger partial charge in [0.15, 0.2) is 0 Å². The summed E-state index contributed by atoms with van der Waals surface area (Å²) < 4.78 is 40.5. The first-order chi connectivity index (χ1) is 13.7. The molecule has 2 rings (SSSR count). The summed E-state index contributed by atoms with van der Waals surface area (Å²) in [7, 11) is 1.36. The van der Waals surface area contributed by atoms with Crippen LogP contribution in [-0.2, 0) is 14.3 Å². The normalized spacial score (nSPS) is 33.4. The van der Waals surface area contributed by atoms with E-state index in [1.54, 1.807) is 6.08 Å². The van der Waals surface area contributed by atoms with Crippen LogP contribution in [0, 0.1) is 11.8 Å². The highest BCUT2D eigenvalue weighted by atomic mass is 127. The maximum absolute atomic E-state index is 15.2. The fourth-order valence-corrected chi connectivity index (χ4v) is 5.46. The lowest BCUT2D eigenvalue weighted by Crippen LogP contribution is -2.34.